The Hall–Kier alpha value is -2.81. The van der Waals surface area contributed by atoms with Crippen LogP contribution in [0.5, 0.6) is 0 Å². The number of hydrogen-bond donors (Lipinski definition) is 5. The van der Waals surface area contributed by atoms with Crippen LogP contribution < -0.4 is 5.32 Å². The zero-order chi connectivity index (χ0) is 25.4. The second kappa shape index (κ2) is 16.8. The van der Waals surface area contributed by atoms with Crippen molar-refractivity contribution in [2.45, 2.75) is 20.0 Å². The zero-order valence-electron chi connectivity index (χ0n) is 18.9. The summed E-state index contributed by atoms with van der Waals surface area (Å²) < 4.78 is 5.34. The van der Waals surface area contributed by atoms with Crippen LogP contribution in [0.3, 0.4) is 0 Å². The van der Waals surface area contributed by atoms with Gasteiger partial charge in [0.1, 0.15) is 0 Å². The molecule has 0 aliphatic carbocycles. The van der Waals surface area contributed by atoms with Gasteiger partial charge < -0.3 is 30.5 Å². The van der Waals surface area contributed by atoms with Gasteiger partial charge in [-0.3, -0.25) is 38.7 Å². The van der Waals surface area contributed by atoms with Crippen LogP contribution in [0.15, 0.2) is 0 Å². The van der Waals surface area contributed by atoms with Crippen molar-refractivity contribution in [1.29, 1.82) is 0 Å². The Bertz CT molecular complexity index is 586. The van der Waals surface area contributed by atoms with E-state index in [-0.39, 0.29) is 51.3 Å². The van der Waals surface area contributed by atoms with Gasteiger partial charge in [-0.25, -0.2) is 0 Å². The monoisotopic (exact) mass is 478 g/mol. The van der Waals surface area contributed by atoms with Crippen LogP contribution in [-0.4, -0.2) is 143 Å². The molecule has 5 N–H and O–H groups in total. The molecule has 0 fully saturated rings. The second-order valence-corrected chi connectivity index (χ2v) is 7.54. The third-order valence-electron chi connectivity index (χ3n) is 4.14. The number of carboxylic acid groups (broad SMARTS) is 4. The third-order valence-corrected chi connectivity index (χ3v) is 4.14. The molecule has 0 unspecified atom stereocenters. The van der Waals surface area contributed by atoms with Gasteiger partial charge in [0, 0.05) is 32.7 Å². The summed E-state index contributed by atoms with van der Waals surface area (Å²) in [7, 11) is 0. The molecule has 1 amide bonds. The lowest BCUT2D eigenvalue weighted by Gasteiger charge is -2.28. The van der Waals surface area contributed by atoms with Crippen molar-refractivity contribution in [3.05, 3.63) is 0 Å². The Morgan fingerprint density at radius 1 is 0.667 bits per heavy atom. The molecule has 0 spiro atoms. The van der Waals surface area contributed by atoms with E-state index in [0.717, 1.165) is 0 Å². The van der Waals surface area contributed by atoms with E-state index in [1.807, 2.05) is 13.8 Å². The number of amides is 1. The van der Waals surface area contributed by atoms with Crippen molar-refractivity contribution >= 4 is 29.8 Å². The lowest BCUT2D eigenvalue weighted by Crippen LogP contribution is -2.47. The highest BCUT2D eigenvalue weighted by atomic mass is 16.5. The van der Waals surface area contributed by atoms with Gasteiger partial charge in [0.2, 0.25) is 5.91 Å². The fourth-order valence-corrected chi connectivity index (χ4v) is 2.77. The Morgan fingerprint density at radius 2 is 1.03 bits per heavy atom. The lowest BCUT2D eigenvalue weighted by atomic mass is 10.3. The van der Waals surface area contributed by atoms with Gasteiger partial charge in [-0.15, -0.1) is 0 Å². The van der Waals surface area contributed by atoms with E-state index in [4.69, 9.17) is 25.2 Å². The van der Waals surface area contributed by atoms with E-state index in [1.165, 1.54) is 9.80 Å². The number of carbonyl (C=O) groups excluding carboxylic acids is 1. The zero-order valence-corrected chi connectivity index (χ0v) is 18.9. The van der Waals surface area contributed by atoms with Crippen LogP contribution in [0.1, 0.15) is 13.8 Å². The maximum atomic E-state index is 12.3. The SMILES string of the molecule is CC(C)OCCNC(=O)CN(CCN(CC(=O)O)CC(=O)O)CCN(CC(=O)O)CC(=O)O. The van der Waals surface area contributed by atoms with E-state index < -0.39 is 50.1 Å². The number of nitrogens with one attached hydrogen (secondary N) is 1. The molecule has 14 heteroatoms. The van der Waals surface area contributed by atoms with Crippen LogP contribution in [0.2, 0.25) is 0 Å². The van der Waals surface area contributed by atoms with Crippen molar-refractivity contribution in [1.82, 2.24) is 20.0 Å². The molecule has 33 heavy (non-hydrogen) atoms. The van der Waals surface area contributed by atoms with Crippen molar-refractivity contribution < 1.29 is 49.1 Å². The predicted molar refractivity (Wildman–Crippen MR) is 114 cm³/mol. The fraction of sp³-hybridized carbons (Fsp3) is 0.737. The van der Waals surface area contributed by atoms with Crippen LogP contribution in [-0.2, 0) is 28.7 Å². The first-order valence-electron chi connectivity index (χ1n) is 10.3. The molecule has 0 aromatic heterocycles. The number of carboxylic acids is 4. The molecule has 0 heterocycles. The van der Waals surface area contributed by atoms with E-state index >= 15 is 0 Å². The van der Waals surface area contributed by atoms with Gasteiger partial charge in [0.25, 0.3) is 0 Å². The van der Waals surface area contributed by atoms with E-state index in [0.29, 0.717) is 6.61 Å². The van der Waals surface area contributed by atoms with Gasteiger partial charge in [0.15, 0.2) is 0 Å². The van der Waals surface area contributed by atoms with Crippen molar-refractivity contribution in [3.8, 4) is 0 Å². The van der Waals surface area contributed by atoms with E-state index in [2.05, 4.69) is 5.32 Å². The normalized spacial score (nSPS) is 11.3. The number of carbonyl (C=O) groups is 5. The minimum absolute atomic E-state index is 0.00214. The maximum absolute atomic E-state index is 12.3. The van der Waals surface area contributed by atoms with Gasteiger partial charge >= 0.3 is 23.9 Å². The lowest BCUT2D eigenvalue weighted by molar-refractivity contribution is -0.143. The first-order chi connectivity index (χ1) is 15.4. The van der Waals surface area contributed by atoms with E-state index in [1.54, 1.807) is 4.90 Å². The highest BCUT2D eigenvalue weighted by Gasteiger charge is 2.19. The molecule has 14 nitrogen and oxygen atoms in total. The molecule has 190 valence electrons. The second-order valence-electron chi connectivity index (χ2n) is 7.54. The standard InChI is InChI=1S/C19H34N4O10/c1-14(2)33-8-3-20-15(24)9-21(4-6-22(10-16(25)26)11-17(27)28)5-7-23(12-18(29)30)13-19(31)32/h14H,3-13H2,1-2H3,(H,20,24)(H,25,26)(H,27,28)(H,29,30)(H,31,32). The molecular formula is C19H34N4O10. The average Bonchev–Trinajstić information content (AvgIpc) is 2.65. The largest absolute Gasteiger partial charge is 0.480 e. The first-order valence-corrected chi connectivity index (χ1v) is 10.3. The first kappa shape index (κ1) is 30.2. The summed E-state index contributed by atoms with van der Waals surface area (Å²) in [4.78, 5) is 60.2. The van der Waals surface area contributed by atoms with Crippen LogP contribution in [0, 0.1) is 0 Å². The summed E-state index contributed by atoms with van der Waals surface area (Å²) in [6.45, 7) is 2.32. The van der Waals surface area contributed by atoms with Crippen LogP contribution in [0.4, 0.5) is 0 Å². The quantitative estimate of drug-likeness (QED) is 0.118. The molecule has 0 saturated heterocycles. The molecule has 0 aliphatic rings. The van der Waals surface area contributed by atoms with Gasteiger partial charge in [-0.1, -0.05) is 0 Å². The number of aliphatic carboxylic acids is 4. The van der Waals surface area contributed by atoms with Gasteiger partial charge in [0.05, 0.1) is 45.4 Å². The molecule has 0 radical (unpaired) electrons. The summed E-state index contributed by atoms with van der Waals surface area (Å²) in [6, 6.07) is 0. The third kappa shape index (κ3) is 18.5. The highest BCUT2D eigenvalue weighted by Crippen LogP contribution is 1.97. The predicted octanol–water partition coefficient (Wildman–Crippen LogP) is -2.23. The molecule has 0 saturated carbocycles. The van der Waals surface area contributed by atoms with E-state index in [9.17, 15) is 24.0 Å². The maximum Gasteiger partial charge on any atom is 0.317 e. The molecule has 0 rings (SSSR count). The van der Waals surface area contributed by atoms with Crippen molar-refractivity contribution in [2.75, 3.05) is 72.1 Å². The smallest absolute Gasteiger partial charge is 0.317 e. The average molecular weight is 478 g/mol. The molecular weight excluding hydrogens is 444 g/mol. The van der Waals surface area contributed by atoms with Crippen molar-refractivity contribution in [2.24, 2.45) is 0 Å². The number of ether oxygens (including phenoxy) is 1. The molecule has 0 aromatic carbocycles. The summed E-state index contributed by atoms with van der Waals surface area (Å²) in [5, 5.41) is 38.5. The van der Waals surface area contributed by atoms with Crippen LogP contribution >= 0.6 is 0 Å². The fourth-order valence-electron chi connectivity index (χ4n) is 2.77. The Morgan fingerprint density at radius 3 is 1.36 bits per heavy atom. The Labute approximate surface area is 191 Å². The van der Waals surface area contributed by atoms with Crippen molar-refractivity contribution in [3.63, 3.8) is 0 Å². The molecule has 0 aliphatic heterocycles. The Balaban J connectivity index is 5.08. The number of hydrogen-bond acceptors (Lipinski definition) is 9. The summed E-state index contributed by atoms with van der Waals surface area (Å²) in [5.74, 6) is -5.20. The number of rotatable bonds is 20. The Kier molecular flexibility index (Phi) is 15.3. The molecule has 0 atom stereocenters. The minimum Gasteiger partial charge on any atom is -0.480 e. The summed E-state index contributed by atoms with van der Waals surface area (Å²) in [6.07, 6.45) is 0.00214. The van der Waals surface area contributed by atoms with Gasteiger partial charge in [-0.05, 0) is 13.8 Å². The summed E-state index contributed by atoms with van der Waals surface area (Å²) >= 11 is 0. The van der Waals surface area contributed by atoms with Gasteiger partial charge in [-0.2, -0.15) is 0 Å². The minimum atomic E-state index is -1.21. The highest BCUT2D eigenvalue weighted by molar-refractivity contribution is 5.78. The summed E-state index contributed by atoms with van der Waals surface area (Å²) in [5.41, 5.74) is 0. The topological polar surface area (TPSA) is 197 Å². The van der Waals surface area contributed by atoms with Crippen LogP contribution in [0.25, 0.3) is 0 Å². The molecule has 0 aromatic rings. The molecule has 0 bridgehead atoms. The number of nitrogens with zero attached hydrogens (tertiary/aromatic N) is 3.